The van der Waals surface area contributed by atoms with Gasteiger partial charge >= 0.3 is 5.97 Å². The summed E-state index contributed by atoms with van der Waals surface area (Å²) in [6.45, 7) is 3.19. The van der Waals surface area contributed by atoms with Gasteiger partial charge < -0.3 is 19.9 Å². The Labute approximate surface area is 185 Å². The van der Waals surface area contributed by atoms with Crippen LogP contribution in [0.15, 0.2) is 60.7 Å². The van der Waals surface area contributed by atoms with Crippen LogP contribution in [-0.4, -0.2) is 17.7 Å². The molecule has 0 spiro atoms. The molecule has 0 heterocycles. The molecule has 0 radical (unpaired) electrons. The summed E-state index contributed by atoms with van der Waals surface area (Å²) < 4.78 is 11.7. The number of carboxylic acid groups (broad SMARTS) is 1. The number of aromatic carboxylic acids is 1. The van der Waals surface area contributed by atoms with Gasteiger partial charge in [0.1, 0.15) is 6.61 Å². The van der Waals surface area contributed by atoms with Crippen molar-refractivity contribution in [3.63, 3.8) is 0 Å². The Hall–Kier alpha value is -2.89. The number of hydrogen-bond donors (Lipinski definition) is 2. The van der Waals surface area contributed by atoms with E-state index in [0.29, 0.717) is 34.7 Å². The highest BCUT2D eigenvalue weighted by Crippen LogP contribution is 2.31. The van der Waals surface area contributed by atoms with Crippen molar-refractivity contribution in [3.05, 3.63) is 87.4 Å². The first kappa shape index (κ1) is 21.8. The highest BCUT2D eigenvalue weighted by Gasteiger charge is 2.09. The molecule has 30 heavy (non-hydrogen) atoms. The van der Waals surface area contributed by atoms with Gasteiger partial charge in [-0.2, -0.15) is 0 Å². The van der Waals surface area contributed by atoms with E-state index in [1.165, 1.54) is 0 Å². The minimum atomic E-state index is -0.959. The fraction of sp³-hybridized carbons (Fsp3) is 0.174. The van der Waals surface area contributed by atoms with Crippen molar-refractivity contribution in [2.24, 2.45) is 0 Å². The number of carbonyl (C=O) groups is 1. The zero-order valence-corrected chi connectivity index (χ0v) is 17.8. The van der Waals surface area contributed by atoms with Gasteiger partial charge in [-0.25, -0.2) is 4.79 Å². The maximum absolute atomic E-state index is 11.1. The van der Waals surface area contributed by atoms with Gasteiger partial charge in [-0.05, 0) is 55.0 Å². The van der Waals surface area contributed by atoms with E-state index in [0.717, 1.165) is 16.8 Å². The molecule has 0 fully saturated rings. The Balaban J connectivity index is 1.69. The van der Waals surface area contributed by atoms with E-state index >= 15 is 0 Å². The summed E-state index contributed by atoms with van der Waals surface area (Å²) in [6, 6.07) is 17.6. The van der Waals surface area contributed by atoms with Gasteiger partial charge in [0, 0.05) is 27.8 Å². The lowest BCUT2D eigenvalue weighted by Crippen LogP contribution is -2.04. The molecule has 0 aliphatic rings. The second-order valence-electron chi connectivity index (χ2n) is 6.48. The Bertz CT molecular complexity index is 1040. The van der Waals surface area contributed by atoms with Gasteiger partial charge in [0.25, 0.3) is 0 Å². The van der Waals surface area contributed by atoms with Gasteiger partial charge in [0.15, 0.2) is 11.5 Å². The van der Waals surface area contributed by atoms with Gasteiger partial charge in [-0.15, -0.1) is 0 Å². The molecule has 0 atom stereocenters. The van der Waals surface area contributed by atoms with E-state index in [-0.39, 0.29) is 12.2 Å². The first-order chi connectivity index (χ1) is 14.5. The van der Waals surface area contributed by atoms with E-state index < -0.39 is 5.97 Å². The average Bonchev–Trinajstić information content (AvgIpc) is 2.73. The molecular formula is C23H21Cl2NO4. The van der Waals surface area contributed by atoms with Crippen molar-refractivity contribution < 1.29 is 19.4 Å². The molecule has 0 aliphatic carbocycles. The van der Waals surface area contributed by atoms with Crippen molar-refractivity contribution in [1.82, 2.24) is 0 Å². The summed E-state index contributed by atoms with van der Waals surface area (Å²) in [4.78, 5) is 11.1. The lowest BCUT2D eigenvalue weighted by molar-refractivity contribution is 0.0697. The lowest BCUT2D eigenvalue weighted by Gasteiger charge is -2.15. The fourth-order valence-electron chi connectivity index (χ4n) is 2.81. The van der Waals surface area contributed by atoms with Crippen LogP contribution in [0.5, 0.6) is 11.5 Å². The third-order valence-electron chi connectivity index (χ3n) is 4.31. The Morgan fingerprint density at radius 3 is 2.57 bits per heavy atom. The molecule has 0 unspecified atom stereocenters. The normalized spacial score (nSPS) is 10.5. The Kier molecular flexibility index (Phi) is 7.44. The molecular weight excluding hydrogens is 425 g/mol. The van der Waals surface area contributed by atoms with Crippen molar-refractivity contribution in [2.75, 3.05) is 11.9 Å². The Morgan fingerprint density at radius 1 is 1.00 bits per heavy atom. The second kappa shape index (κ2) is 10.2. The largest absolute Gasteiger partial charge is 0.490 e. The van der Waals surface area contributed by atoms with Crippen LogP contribution in [0.1, 0.15) is 28.4 Å². The zero-order chi connectivity index (χ0) is 21.5. The summed E-state index contributed by atoms with van der Waals surface area (Å²) in [6.07, 6.45) is 0. The minimum Gasteiger partial charge on any atom is -0.490 e. The van der Waals surface area contributed by atoms with Crippen LogP contribution < -0.4 is 14.8 Å². The quantitative estimate of drug-likeness (QED) is 0.405. The monoisotopic (exact) mass is 445 g/mol. The molecule has 7 heteroatoms. The maximum atomic E-state index is 11.1. The molecule has 3 rings (SSSR count). The predicted molar refractivity (Wildman–Crippen MR) is 119 cm³/mol. The number of halogens is 2. The summed E-state index contributed by atoms with van der Waals surface area (Å²) in [5, 5.41) is 13.5. The molecule has 0 bridgehead atoms. The predicted octanol–water partition coefficient (Wildman–Crippen LogP) is 6.28. The molecule has 2 N–H and O–H groups in total. The fourth-order valence-corrected chi connectivity index (χ4v) is 3.27. The average molecular weight is 446 g/mol. The molecule has 0 saturated heterocycles. The van der Waals surface area contributed by atoms with Crippen molar-refractivity contribution in [3.8, 4) is 11.5 Å². The van der Waals surface area contributed by atoms with Gasteiger partial charge in [0.05, 0.1) is 12.2 Å². The van der Waals surface area contributed by atoms with Crippen LogP contribution >= 0.6 is 23.2 Å². The van der Waals surface area contributed by atoms with Gasteiger partial charge in [-0.3, -0.25) is 0 Å². The van der Waals surface area contributed by atoms with Crippen LogP contribution in [0, 0.1) is 0 Å². The number of rotatable bonds is 9. The zero-order valence-electron chi connectivity index (χ0n) is 16.3. The molecule has 3 aromatic carbocycles. The van der Waals surface area contributed by atoms with Gasteiger partial charge in [0.2, 0.25) is 0 Å². The van der Waals surface area contributed by atoms with Crippen LogP contribution in [0.4, 0.5) is 5.69 Å². The lowest BCUT2D eigenvalue weighted by atomic mass is 10.1. The van der Waals surface area contributed by atoms with E-state index in [1.807, 2.05) is 37.3 Å². The SMILES string of the molecule is CCOc1cc(CNc2cccc(C(=O)O)c2)ccc1OCc1ccc(Cl)cc1Cl. The van der Waals surface area contributed by atoms with Crippen LogP contribution in [0.25, 0.3) is 0 Å². The summed E-state index contributed by atoms with van der Waals surface area (Å²) >= 11 is 12.1. The number of ether oxygens (including phenoxy) is 2. The number of carboxylic acids is 1. The van der Waals surface area contributed by atoms with Crippen molar-refractivity contribution >= 4 is 34.9 Å². The smallest absolute Gasteiger partial charge is 0.335 e. The molecule has 0 saturated carbocycles. The summed E-state index contributed by atoms with van der Waals surface area (Å²) in [7, 11) is 0. The third kappa shape index (κ3) is 5.81. The minimum absolute atomic E-state index is 0.236. The molecule has 0 amide bonds. The molecule has 3 aromatic rings. The summed E-state index contributed by atoms with van der Waals surface area (Å²) in [5.41, 5.74) is 2.76. The number of anilines is 1. The van der Waals surface area contributed by atoms with E-state index in [9.17, 15) is 4.79 Å². The standard InChI is InChI=1S/C23H21Cl2NO4/c1-2-29-22-10-15(13-26-19-5-3-4-16(11-19)23(27)28)6-9-21(22)30-14-17-7-8-18(24)12-20(17)25/h3-12,26H,2,13-14H2,1H3,(H,27,28). The van der Waals surface area contributed by atoms with E-state index in [2.05, 4.69) is 5.32 Å². The molecule has 0 aromatic heterocycles. The number of hydrogen-bond acceptors (Lipinski definition) is 4. The first-order valence-corrected chi connectivity index (χ1v) is 10.1. The van der Waals surface area contributed by atoms with E-state index in [1.54, 1.807) is 30.3 Å². The highest BCUT2D eigenvalue weighted by molar-refractivity contribution is 6.35. The Morgan fingerprint density at radius 2 is 1.83 bits per heavy atom. The van der Waals surface area contributed by atoms with Crippen LogP contribution in [0.2, 0.25) is 10.0 Å². The third-order valence-corrected chi connectivity index (χ3v) is 4.90. The van der Waals surface area contributed by atoms with Crippen molar-refractivity contribution in [2.45, 2.75) is 20.1 Å². The first-order valence-electron chi connectivity index (χ1n) is 9.36. The highest BCUT2D eigenvalue weighted by atomic mass is 35.5. The summed E-state index contributed by atoms with van der Waals surface area (Å²) in [5.74, 6) is 0.278. The van der Waals surface area contributed by atoms with Gasteiger partial charge in [-0.1, -0.05) is 41.4 Å². The molecule has 0 aliphatic heterocycles. The maximum Gasteiger partial charge on any atom is 0.335 e. The molecule has 5 nitrogen and oxygen atoms in total. The topological polar surface area (TPSA) is 67.8 Å². The number of nitrogens with one attached hydrogen (secondary N) is 1. The second-order valence-corrected chi connectivity index (χ2v) is 7.32. The van der Waals surface area contributed by atoms with E-state index in [4.69, 9.17) is 37.8 Å². The van der Waals surface area contributed by atoms with Crippen LogP contribution in [-0.2, 0) is 13.2 Å². The van der Waals surface area contributed by atoms with Crippen LogP contribution in [0.3, 0.4) is 0 Å². The number of benzene rings is 3. The van der Waals surface area contributed by atoms with Crippen molar-refractivity contribution in [1.29, 1.82) is 0 Å². The molecule has 156 valence electrons.